The minimum atomic E-state index is -0.553. The van der Waals surface area contributed by atoms with Gasteiger partial charge in [0.05, 0.1) is 4.88 Å². The third kappa shape index (κ3) is 3.61. The van der Waals surface area contributed by atoms with E-state index in [9.17, 15) is 14.0 Å². The predicted molar refractivity (Wildman–Crippen MR) is 77.7 cm³/mol. The van der Waals surface area contributed by atoms with Crippen molar-refractivity contribution in [2.24, 2.45) is 5.41 Å². The summed E-state index contributed by atoms with van der Waals surface area (Å²) < 4.78 is 12.9. The van der Waals surface area contributed by atoms with Crippen LogP contribution >= 0.6 is 11.3 Å². The van der Waals surface area contributed by atoms with Gasteiger partial charge in [-0.3, -0.25) is 4.79 Å². The van der Waals surface area contributed by atoms with Crippen molar-refractivity contribution >= 4 is 23.9 Å². The molecule has 104 valence electrons. The summed E-state index contributed by atoms with van der Waals surface area (Å²) in [6, 6.07) is 9.83. The number of hydrogen-bond donors (Lipinski definition) is 0. The van der Waals surface area contributed by atoms with E-state index in [2.05, 4.69) is 0 Å². The number of carbonyl (C=O) groups is 2. The summed E-state index contributed by atoms with van der Waals surface area (Å²) in [5.41, 5.74) is 0.371. The molecule has 0 bridgehead atoms. The van der Waals surface area contributed by atoms with E-state index < -0.39 is 5.41 Å². The molecule has 4 heteroatoms. The molecule has 0 N–H and O–H groups in total. The van der Waals surface area contributed by atoms with Gasteiger partial charge in [-0.25, -0.2) is 4.39 Å². The Bertz CT molecular complexity index is 603. The van der Waals surface area contributed by atoms with Crippen molar-refractivity contribution in [3.05, 3.63) is 57.5 Å². The molecule has 0 aliphatic carbocycles. The van der Waals surface area contributed by atoms with Crippen LogP contribution in [-0.2, 0) is 17.6 Å². The van der Waals surface area contributed by atoms with Crippen LogP contribution < -0.4 is 0 Å². The maximum atomic E-state index is 12.9. The highest BCUT2D eigenvalue weighted by Crippen LogP contribution is 2.28. The summed E-state index contributed by atoms with van der Waals surface area (Å²) in [5.74, 6) is -0.282. The first-order valence-corrected chi connectivity index (χ1v) is 7.11. The van der Waals surface area contributed by atoms with E-state index in [0.717, 1.165) is 23.0 Å². The lowest BCUT2D eigenvalue weighted by atomic mass is 9.81. The van der Waals surface area contributed by atoms with Crippen molar-refractivity contribution in [1.82, 2.24) is 0 Å². The Balaban J connectivity index is 2.13. The van der Waals surface area contributed by atoms with Gasteiger partial charge in [-0.05, 0) is 42.7 Å². The van der Waals surface area contributed by atoms with Crippen LogP contribution in [0.5, 0.6) is 0 Å². The van der Waals surface area contributed by atoms with Crippen molar-refractivity contribution < 1.29 is 14.0 Å². The maximum absolute atomic E-state index is 12.9. The fourth-order valence-corrected chi connectivity index (χ4v) is 3.19. The molecule has 0 saturated carbocycles. The van der Waals surface area contributed by atoms with Crippen LogP contribution in [0.3, 0.4) is 0 Å². The molecule has 2 rings (SSSR count). The quantitative estimate of drug-likeness (QED) is 0.760. The monoisotopic (exact) mass is 290 g/mol. The highest BCUT2D eigenvalue weighted by Gasteiger charge is 2.25. The Morgan fingerprint density at radius 3 is 2.35 bits per heavy atom. The van der Waals surface area contributed by atoms with Crippen molar-refractivity contribution in [3.63, 3.8) is 0 Å². The molecule has 0 radical (unpaired) electrons. The number of benzene rings is 1. The summed E-state index contributed by atoms with van der Waals surface area (Å²) in [7, 11) is 0. The largest absolute Gasteiger partial charge is 0.303 e. The van der Waals surface area contributed by atoms with Crippen LogP contribution in [0.2, 0.25) is 0 Å². The molecule has 20 heavy (non-hydrogen) atoms. The zero-order valence-electron chi connectivity index (χ0n) is 11.1. The summed E-state index contributed by atoms with van der Waals surface area (Å²) in [4.78, 5) is 23.8. The summed E-state index contributed by atoms with van der Waals surface area (Å²) in [6.07, 6.45) is 2.88. The molecule has 0 aliphatic heterocycles. The lowest BCUT2D eigenvalue weighted by molar-refractivity contribution is -0.115. The zero-order chi connectivity index (χ0) is 14.6. The molecule has 2 nitrogen and oxygen atoms in total. The van der Waals surface area contributed by atoms with Crippen LogP contribution in [-0.4, -0.2) is 12.6 Å². The summed E-state index contributed by atoms with van der Waals surface area (Å²) in [5, 5.41) is 0. The van der Waals surface area contributed by atoms with E-state index in [4.69, 9.17) is 0 Å². The van der Waals surface area contributed by atoms with Crippen molar-refractivity contribution in [3.8, 4) is 0 Å². The number of thiophene rings is 1. The molecule has 0 saturated heterocycles. The normalized spacial score (nSPS) is 13.7. The Hall–Kier alpha value is -1.81. The van der Waals surface area contributed by atoms with Gasteiger partial charge in [-0.2, -0.15) is 0 Å². The van der Waals surface area contributed by atoms with Crippen LogP contribution in [0, 0.1) is 11.2 Å². The van der Waals surface area contributed by atoms with E-state index in [1.54, 1.807) is 18.2 Å². The smallest absolute Gasteiger partial charge is 0.160 e. The fourth-order valence-electron chi connectivity index (χ4n) is 2.17. The molecular weight excluding hydrogens is 275 g/mol. The van der Waals surface area contributed by atoms with Gasteiger partial charge in [0.1, 0.15) is 12.1 Å². The van der Waals surface area contributed by atoms with Crippen LogP contribution in [0.15, 0.2) is 36.4 Å². The van der Waals surface area contributed by atoms with E-state index in [1.165, 1.54) is 23.5 Å². The number of rotatable bonds is 6. The number of hydrogen-bond acceptors (Lipinski definition) is 3. The lowest BCUT2D eigenvalue weighted by Crippen LogP contribution is -2.24. The number of carbonyl (C=O) groups excluding carboxylic acids is 2. The van der Waals surface area contributed by atoms with Crippen molar-refractivity contribution in [2.45, 2.75) is 19.8 Å². The fraction of sp³-hybridized carbons (Fsp3) is 0.250. The van der Waals surface area contributed by atoms with E-state index in [1.807, 2.05) is 13.0 Å². The highest BCUT2D eigenvalue weighted by molar-refractivity contribution is 7.13. The molecule has 2 aromatic rings. The average molecular weight is 290 g/mol. The van der Waals surface area contributed by atoms with Gasteiger partial charge in [-0.15, -0.1) is 11.3 Å². The highest BCUT2D eigenvalue weighted by atomic mass is 32.1. The van der Waals surface area contributed by atoms with Gasteiger partial charge in [0, 0.05) is 10.3 Å². The van der Waals surface area contributed by atoms with E-state index >= 15 is 0 Å². The first kappa shape index (κ1) is 14.6. The second kappa shape index (κ2) is 6.09. The molecule has 1 aromatic carbocycles. The number of halogens is 1. The molecule has 0 amide bonds. The Morgan fingerprint density at radius 2 is 1.80 bits per heavy atom. The minimum Gasteiger partial charge on any atom is -0.303 e. The molecular formula is C16H15FO2S. The van der Waals surface area contributed by atoms with E-state index in [0.29, 0.717) is 17.7 Å². The molecule has 1 heterocycles. The molecule has 1 aromatic heterocycles. The lowest BCUT2D eigenvalue weighted by Gasteiger charge is -2.22. The average Bonchev–Trinajstić information content (AvgIpc) is 2.89. The topological polar surface area (TPSA) is 34.1 Å². The third-order valence-electron chi connectivity index (χ3n) is 3.18. The Labute approximate surface area is 121 Å². The summed E-state index contributed by atoms with van der Waals surface area (Å²) in [6.45, 7) is 1.88. The first-order valence-electron chi connectivity index (χ1n) is 6.29. The third-order valence-corrected chi connectivity index (χ3v) is 4.19. The maximum Gasteiger partial charge on any atom is 0.160 e. The molecule has 0 fully saturated rings. The van der Waals surface area contributed by atoms with Gasteiger partial charge in [-0.1, -0.05) is 19.1 Å². The van der Waals surface area contributed by atoms with Gasteiger partial charge < -0.3 is 4.79 Å². The molecule has 0 spiro atoms. The van der Waals surface area contributed by atoms with E-state index in [-0.39, 0.29) is 5.82 Å². The second-order valence-electron chi connectivity index (χ2n) is 5.17. The van der Waals surface area contributed by atoms with Crippen LogP contribution in [0.1, 0.15) is 27.0 Å². The predicted octanol–water partition coefficient (Wildman–Crippen LogP) is 3.69. The standard InChI is InChI=1S/C16H15FO2S/c1-16(11-19,8-12-2-4-13(17)5-3-12)9-14-6-7-15(10-18)20-14/h2-7,10-11H,8-9H2,1H3. The second-order valence-corrected chi connectivity index (χ2v) is 6.37. The SMILES string of the molecule is CC(C=O)(Cc1ccc(F)cc1)Cc1ccc(C=O)s1. The molecule has 1 atom stereocenters. The molecule has 0 aliphatic rings. The van der Waals surface area contributed by atoms with Crippen LogP contribution in [0.25, 0.3) is 0 Å². The zero-order valence-corrected chi connectivity index (χ0v) is 12.0. The molecule has 1 unspecified atom stereocenters. The van der Waals surface area contributed by atoms with Gasteiger partial charge in [0.25, 0.3) is 0 Å². The summed E-state index contributed by atoms with van der Waals surface area (Å²) >= 11 is 1.40. The van der Waals surface area contributed by atoms with Crippen LogP contribution in [0.4, 0.5) is 4.39 Å². The number of aldehydes is 2. The minimum absolute atomic E-state index is 0.282. The van der Waals surface area contributed by atoms with Gasteiger partial charge in [0.2, 0.25) is 0 Å². The van der Waals surface area contributed by atoms with Crippen molar-refractivity contribution in [2.75, 3.05) is 0 Å². The first-order chi connectivity index (χ1) is 9.54. The van der Waals surface area contributed by atoms with Gasteiger partial charge >= 0.3 is 0 Å². The Morgan fingerprint density at radius 1 is 1.10 bits per heavy atom. The van der Waals surface area contributed by atoms with Crippen molar-refractivity contribution in [1.29, 1.82) is 0 Å². The van der Waals surface area contributed by atoms with Gasteiger partial charge in [0.15, 0.2) is 6.29 Å². The Kier molecular flexibility index (Phi) is 4.45.